The van der Waals surface area contributed by atoms with Gasteiger partial charge in [-0.05, 0) is 42.5 Å². The van der Waals surface area contributed by atoms with Gasteiger partial charge in [0.2, 0.25) is 0 Å². The molecule has 0 radical (unpaired) electrons. The van der Waals surface area contributed by atoms with Gasteiger partial charge in [0, 0.05) is 51.9 Å². The standard InChI is InChI=1S/C16H20N2OS/c1-20(19)9-10-5-13-12-3-2-4-14-16(12)11(8-18-14)6-15(13)17-7-10/h2-4,8,10,13,15,17-18H,5-7,9H2,1H3/t10?,13-,15-,20?/m1/s1. The number of benzene rings is 1. The highest BCUT2D eigenvalue weighted by atomic mass is 32.2. The van der Waals surface area contributed by atoms with Crippen LogP contribution in [0.1, 0.15) is 23.5 Å². The number of hydrogen-bond acceptors (Lipinski definition) is 2. The first-order chi connectivity index (χ1) is 9.72. The predicted octanol–water partition coefficient (Wildman–Crippen LogP) is 2.16. The Hall–Kier alpha value is -1.13. The van der Waals surface area contributed by atoms with Crippen LogP contribution >= 0.6 is 0 Å². The smallest absolute Gasteiger partial charge is 0.0459 e. The summed E-state index contributed by atoms with van der Waals surface area (Å²) < 4.78 is 11.5. The van der Waals surface area contributed by atoms with Crippen LogP contribution in [-0.4, -0.2) is 33.8 Å². The van der Waals surface area contributed by atoms with Crippen LogP contribution in [0.2, 0.25) is 0 Å². The van der Waals surface area contributed by atoms with E-state index in [1.807, 2.05) is 6.26 Å². The van der Waals surface area contributed by atoms with Crippen molar-refractivity contribution >= 4 is 21.7 Å². The van der Waals surface area contributed by atoms with E-state index in [9.17, 15) is 4.21 Å². The van der Waals surface area contributed by atoms with Gasteiger partial charge in [-0.25, -0.2) is 0 Å². The van der Waals surface area contributed by atoms with Crippen LogP contribution in [0, 0.1) is 5.92 Å². The molecule has 0 bridgehead atoms. The van der Waals surface area contributed by atoms with Gasteiger partial charge in [0.1, 0.15) is 0 Å². The Balaban J connectivity index is 1.73. The Bertz CT molecular complexity index is 678. The van der Waals surface area contributed by atoms with Crippen LogP contribution in [0.5, 0.6) is 0 Å². The fourth-order valence-corrected chi connectivity index (χ4v) is 4.99. The molecular weight excluding hydrogens is 268 g/mol. The molecule has 1 aromatic heterocycles. The van der Waals surface area contributed by atoms with Crippen LogP contribution in [0.15, 0.2) is 24.4 Å². The molecule has 1 saturated heterocycles. The predicted molar refractivity (Wildman–Crippen MR) is 83.6 cm³/mol. The molecule has 2 aromatic rings. The summed E-state index contributed by atoms with van der Waals surface area (Å²) in [5.41, 5.74) is 4.19. The maximum atomic E-state index is 11.5. The fraction of sp³-hybridized carbons (Fsp3) is 0.500. The van der Waals surface area contributed by atoms with Crippen molar-refractivity contribution in [1.29, 1.82) is 0 Å². The molecule has 0 amide bonds. The largest absolute Gasteiger partial charge is 0.361 e. The fourth-order valence-electron chi connectivity index (χ4n) is 4.08. The van der Waals surface area contributed by atoms with E-state index in [2.05, 4.69) is 34.7 Å². The highest BCUT2D eigenvalue weighted by Gasteiger charge is 2.36. The van der Waals surface area contributed by atoms with E-state index in [1.165, 1.54) is 28.5 Å². The Kier molecular flexibility index (Phi) is 2.97. The zero-order chi connectivity index (χ0) is 13.7. The van der Waals surface area contributed by atoms with E-state index in [1.54, 1.807) is 0 Å². The first-order valence-electron chi connectivity index (χ1n) is 7.34. The van der Waals surface area contributed by atoms with Gasteiger partial charge < -0.3 is 10.3 Å². The lowest BCUT2D eigenvalue weighted by molar-refractivity contribution is 0.285. The molecule has 4 atom stereocenters. The molecule has 106 valence electrons. The monoisotopic (exact) mass is 288 g/mol. The highest BCUT2D eigenvalue weighted by Crippen LogP contribution is 2.41. The number of H-pyrrole nitrogens is 1. The quantitative estimate of drug-likeness (QED) is 0.889. The third-order valence-electron chi connectivity index (χ3n) is 4.87. The molecular formula is C16H20N2OS. The van der Waals surface area contributed by atoms with Crippen molar-refractivity contribution in [1.82, 2.24) is 10.3 Å². The van der Waals surface area contributed by atoms with Gasteiger partial charge in [-0.2, -0.15) is 0 Å². The first-order valence-corrected chi connectivity index (χ1v) is 9.07. The Morgan fingerprint density at radius 3 is 3.15 bits per heavy atom. The lowest BCUT2D eigenvalue weighted by atomic mass is 9.73. The zero-order valence-corrected chi connectivity index (χ0v) is 12.5. The maximum absolute atomic E-state index is 11.5. The van der Waals surface area contributed by atoms with Crippen LogP contribution in [0.3, 0.4) is 0 Å². The third-order valence-corrected chi connectivity index (χ3v) is 5.81. The summed E-state index contributed by atoms with van der Waals surface area (Å²) in [6, 6.07) is 7.15. The van der Waals surface area contributed by atoms with Crippen molar-refractivity contribution in [2.24, 2.45) is 5.92 Å². The van der Waals surface area contributed by atoms with E-state index >= 15 is 0 Å². The molecule has 2 aliphatic rings. The van der Waals surface area contributed by atoms with Crippen molar-refractivity contribution in [3.63, 3.8) is 0 Å². The Morgan fingerprint density at radius 2 is 2.30 bits per heavy atom. The molecule has 1 fully saturated rings. The zero-order valence-electron chi connectivity index (χ0n) is 11.7. The SMILES string of the molecule is CS(=O)CC1CN[C@@H]2Cc3c[nH]c4cccc(c34)[C@H]2C1. The summed E-state index contributed by atoms with van der Waals surface area (Å²) in [6.07, 6.45) is 6.27. The minimum absolute atomic E-state index is 0.540. The summed E-state index contributed by atoms with van der Waals surface area (Å²) in [5, 5.41) is 5.14. The summed E-state index contributed by atoms with van der Waals surface area (Å²) >= 11 is 0. The third kappa shape index (κ3) is 1.93. The van der Waals surface area contributed by atoms with E-state index < -0.39 is 10.8 Å². The topological polar surface area (TPSA) is 44.9 Å². The van der Waals surface area contributed by atoms with Crippen molar-refractivity contribution < 1.29 is 4.21 Å². The number of nitrogens with one attached hydrogen (secondary N) is 2. The summed E-state index contributed by atoms with van der Waals surface area (Å²) in [4.78, 5) is 3.40. The van der Waals surface area contributed by atoms with Gasteiger partial charge in [0.15, 0.2) is 0 Å². The molecule has 2 heterocycles. The van der Waals surface area contributed by atoms with E-state index in [0.717, 1.165) is 18.7 Å². The number of fused-ring (bicyclic) bond motifs is 2. The van der Waals surface area contributed by atoms with Gasteiger partial charge in [-0.15, -0.1) is 0 Å². The summed E-state index contributed by atoms with van der Waals surface area (Å²) in [6.45, 7) is 1.01. The lowest BCUT2D eigenvalue weighted by Gasteiger charge is -2.40. The summed E-state index contributed by atoms with van der Waals surface area (Å²) in [5.74, 6) is 1.94. The van der Waals surface area contributed by atoms with Gasteiger partial charge >= 0.3 is 0 Å². The molecule has 0 saturated carbocycles. The van der Waals surface area contributed by atoms with Gasteiger partial charge in [-0.3, -0.25) is 4.21 Å². The molecule has 1 aliphatic carbocycles. The molecule has 4 heteroatoms. The van der Waals surface area contributed by atoms with E-state index in [0.29, 0.717) is 17.9 Å². The molecule has 2 unspecified atom stereocenters. The number of hydrogen-bond donors (Lipinski definition) is 2. The minimum Gasteiger partial charge on any atom is -0.361 e. The number of aromatic nitrogens is 1. The van der Waals surface area contributed by atoms with Crippen molar-refractivity contribution in [3.8, 4) is 0 Å². The second-order valence-electron chi connectivity index (χ2n) is 6.25. The van der Waals surface area contributed by atoms with Crippen LogP contribution in [0.4, 0.5) is 0 Å². The molecule has 1 aliphatic heterocycles. The van der Waals surface area contributed by atoms with E-state index in [-0.39, 0.29) is 0 Å². The van der Waals surface area contributed by atoms with E-state index in [4.69, 9.17) is 0 Å². The summed E-state index contributed by atoms with van der Waals surface area (Å²) in [7, 11) is -0.696. The minimum atomic E-state index is -0.696. The average Bonchev–Trinajstić information content (AvgIpc) is 2.84. The molecule has 3 nitrogen and oxygen atoms in total. The van der Waals surface area contributed by atoms with Gasteiger partial charge in [0.25, 0.3) is 0 Å². The van der Waals surface area contributed by atoms with Crippen molar-refractivity contribution in [2.45, 2.75) is 24.8 Å². The van der Waals surface area contributed by atoms with Crippen LogP contribution < -0.4 is 5.32 Å². The molecule has 2 N–H and O–H groups in total. The second kappa shape index (κ2) is 4.71. The molecule has 4 rings (SSSR count). The first kappa shape index (κ1) is 12.6. The van der Waals surface area contributed by atoms with Gasteiger partial charge in [0.05, 0.1) is 0 Å². The van der Waals surface area contributed by atoms with Crippen molar-refractivity contribution in [2.75, 3.05) is 18.6 Å². The maximum Gasteiger partial charge on any atom is 0.0459 e. The normalized spacial score (nSPS) is 30.1. The number of piperidine rings is 1. The van der Waals surface area contributed by atoms with Crippen LogP contribution in [0.25, 0.3) is 10.9 Å². The molecule has 0 spiro atoms. The Labute approximate surface area is 121 Å². The highest BCUT2D eigenvalue weighted by molar-refractivity contribution is 7.84. The second-order valence-corrected chi connectivity index (χ2v) is 7.73. The number of aromatic amines is 1. The lowest BCUT2D eigenvalue weighted by Crippen LogP contribution is -2.47. The van der Waals surface area contributed by atoms with Gasteiger partial charge in [-0.1, -0.05) is 12.1 Å². The van der Waals surface area contributed by atoms with Crippen molar-refractivity contribution in [3.05, 3.63) is 35.5 Å². The number of rotatable bonds is 2. The van der Waals surface area contributed by atoms with Crippen LogP contribution in [-0.2, 0) is 17.2 Å². The Morgan fingerprint density at radius 1 is 1.40 bits per heavy atom. The average molecular weight is 288 g/mol. The molecule has 20 heavy (non-hydrogen) atoms. The molecule has 1 aromatic carbocycles.